The number of rotatable bonds is 3. The number of hydrogen-bond acceptors (Lipinski definition) is 5. The third-order valence-corrected chi connectivity index (χ3v) is 4.22. The van der Waals surface area contributed by atoms with Crippen molar-refractivity contribution < 1.29 is 14.2 Å². The second kappa shape index (κ2) is 6.40. The summed E-state index contributed by atoms with van der Waals surface area (Å²) in [6.07, 6.45) is 0.223. The molecule has 0 radical (unpaired) electrons. The zero-order valence-corrected chi connectivity index (χ0v) is 12.9. The molecule has 21 heavy (non-hydrogen) atoms. The minimum absolute atomic E-state index is 0.115. The lowest BCUT2D eigenvalue weighted by atomic mass is 10.0. The minimum Gasteiger partial charge on any atom is -0.486 e. The molecule has 1 saturated heterocycles. The third-order valence-electron chi connectivity index (χ3n) is 3.94. The van der Waals surface area contributed by atoms with Crippen molar-refractivity contribution in [2.75, 3.05) is 39.5 Å². The molecule has 0 saturated carbocycles. The van der Waals surface area contributed by atoms with Crippen molar-refractivity contribution in [2.24, 2.45) is 5.73 Å². The van der Waals surface area contributed by atoms with E-state index in [1.165, 1.54) is 0 Å². The molecule has 2 unspecified atom stereocenters. The van der Waals surface area contributed by atoms with Crippen LogP contribution in [0.3, 0.4) is 0 Å². The van der Waals surface area contributed by atoms with Crippen LogP contribution < -0.4 is 15.2 Å². The van der Waals surface area contributed by atoms with Crippen molar-refractivity contribution in [1.82, 2.24) is 4.90 Å². The molecular weight excluding hydrogens is 292 g/mol. The molecule has 3 rings (SSSR count). The highest BCUT2D eigenvalue weighted by atomic mass is 35.5. The number of nitrogens with zero attached hydrogens (tertiary/aromatic N) is 1. The van der Waals surface area contributed by atoms with Gasteiger partial charge in [0.15, 0.2) is 11.5 Å². The summed E-state index contributed by atoms with van der Waals surface area (Å²) in [7, 11) is 0. The summed E-state index contributed by atoms with van der Waals surface area (Å²) in [5, 5.41) is 0.585. The van der Waals surface area contributed by atoms with Crippen LogP contribution in [0.4, 0.5) is 0 Å². The summed E-state index contributed by atoms with van der Waals surface area (Å²) in [6.45, 7) is 6.17. The van der Waals surface area contributed by atoms with E-state index in [0.29, 0.717) is 36.3 Å². The average molecular weight is 313 g/mol. The number of hydrogen-bond donors (Lipinski definition) is 1. The lowest BCUT2D eigenvalue weighted by Crippen LogP contribution is -2.45. The first-order chi connectivity index (χ1) is 10.2. The van der Waals surface area contributed by atoms with Crippen molar-refractivity contribution in [3.05, 3.63) is 22.7 Å². The molecule has 0 aromatic heterocycles. The number of halogens is 1. The molecule has 0 spiro atoms. The minimum atomic E-state index is 0.115. The van der Waals surface area contributed by atoms with Gasteiger partial charge < -0.3 is 19.9 Å². The third kappa shape index (κ3) is 3.11. The largest absolute Gasteiger partial charge is 0.486 e. The first-order valence-corrected chi connectivity index (χ1v) is 7.71. The Hall–Kier alpha value is -1.01. The molecule has 2 atom stereocenters. The molecule has 2 aliphatic rings. The first kappa shape index (κ1) is 14.9. The Bertz CT molecular complexity index is 512. The van der Waals surface area contributed by atoms with Crippen LogP contribution in [0, 0.1) is 0 Å². The number of nitrogens with two attached hydrogens (primary N) is 1. The zero-order chi connectivity index (χ0) is 14.8. The molecule has 116 valence electrons. The van der Waals surface area contributed by atoms with E-state index in [1.807, 2.05) is 12.1 Å². The molecule has 0 aliphatic carbocycles. The number of ether oxygens (including phenoxy) is 3. The molecule has 6 heteroatoms. The maximum atomic E-state index is 6.33. The summed E-state index contributed by atoms with van der Waals surface area (Å²) < 4.78 is 16.8. The van der Waals surface area contributed by atoms with E-state index in [2.05, 4.69) is 11.8 Å². The van der Waals surface area contributed by atoms with Gasteiger partial charge in [0.2, 0.25) is 0 Å². The summed E-state index contributed by atoms with van der Waals surface area (Å²) in [5.74, 6) is 1.35. The lowest BCUT2D eigenvalue weighted by Gasteiger charge is -2.37. The fraction of sp³-hybridized carbons (Fsp3) is 0.600. The van der Waals surface area contributed by atoms with Crippen LogP contribution in [0.1, 0.15) is 18.5 Å². The van der Waals surface area contributed by atoms with Crippen LogP contribution >= 0.6 is 11.6 Å². The van der Waals surface area contributed by atoms with Crippen LogP contribution in [0.25, 0.3) is 0 Å². The van der Waals surface area contributed by atoms with Gasteiger partial charge in [-0.1, -0.05) is 11.6 Å². The fourth-order valence-corrected chi connectivity index (χ4v) is 3.22. The van der Waals surface area contributed by atoms with Gasteiger partial charge in [-0.25, -0.2) is 0 Å². The predicted molar refractivity (Wildman–Crippen MR) is 81.2 cm³/mol. The van der Waals surface area contributed by atoms with Gasteiger partial charge in [0.05, 0.1) is 17.7 Å². The molecule has 2 aliphatic heterocycles. The van der Waals surface area contributed by atoms with E-state index >= 15 is 0 Å². The summed E-state index contributed by atoms with van der Waals surface area (Å²) in [6, 6.07) is 4.05. The molecule has 1 aromatic carbocycles. The Balaban J connectivity index is 1.88. The normalized spacial score (nSPS) is 23.9. The Labute approximate surface area is 129 Å². The van der Waals surface area contributed by atoms with E-state index < -0.39 is 0 Å². The van der Waals surface area contributed by atoms with Crippen molar-refractivity contribution >= 4 is 11.6 Å². The molecule has 1 aromatic rings. The highest BCUT2D eigenvalue weighted by Crippen LogP contribution is 2.40. The molecule has 2 N–H and O–H groups in total. The Morgan fingerprint density at radius 1 is 1.33 bits per heavy atom. The van der Waals surface area contributed by atoms with Gasteiger partial charge in [-0.15, -0.1) is 0 Å². The molecular formula is C15H21ClN2O3. The van der Waals surface area contributed by atoms with Crippen molar-refractivity contribution in [3.8, 4) is 11.5 Å². The van der Waals surface area contributed by atoms with Crippen LogP contribution in [-0.2, 0) is 4.74 Å². The summed E-state index contributed by atoms with van der Waals surface area (Å²) in [5.41, 5.74) is 7.08. The van der Waals surface area contributed by atoms with Crippen LogP contribution in [0.2, 0.25) is 5.02 Å². The standard InChI is InChI=1S/C15H21ClN2O3/c1-10-9-18(2-3-19-10)13(8-17)11-6-12(16)15-14(7-11)20-4-5-21-15/h6-7,10,13H,2-5,8-9,17H2,1H3. The van der Waals surface area contributed by atoms with E-state index in [1.54, 1.807) is 0 Å². The van der Waals surface area contributed by atoms with Gasteiger partial charge in [-0.2, -0.15) is 0 Å². The van der Waals surface area contributed by atoms with E-state index in [4.69, 9.17) is 31.5 Å². The van der Waals surface area contributed by atoms with Gasteiger partial charge in [-0.05, 0) is 24.6 Å². The number of fused-ring (bicyclic) bond motifs is 1. The molecule has 2 heterocycles. The molecule has 0 bridgehead atoms. The number of benzene rings is 1. The fourth-order valence-electron chi connectivity index (χ4n) is 2.95. The quantitative estimate of drug-likeness (QED) is 0.923. The van der Waals surface area contributed by atoms with Crippen LogP contribution in [-0.4, -0.2) is 50.5 Å². The number of morpholine rings is 1. The lowest BCUT2D eigenvalue weighted by molar-refractivity contribution is -0.0333. The maximum absolute atomic E-state index is 6.33. The van der Waals surface area contributed by atoms with Gasteiger partial charge in [0.1, 0.15) is 13.2 Å². The molecule has 0 amide bonds. The van der Waals surface area contributed by atoms with Crippen LogP contribution in [0.5, 0.6) is 11.5 Å². The highest BCUT2D eigenvalue weighted by molar-refractivity contribution is 6.32. The SMILES string of the molecule is CC1CN(C(CN)c2cc(Cl)c3c(c2)OCCO3)CCO1. The Morgan fingerprint density at radius 2 is 2.14 bits per heavy atom. The van der Waals surface area contributed by atoms with E-state index in [-0.39, 0.29) is 12.1 Å². The van der Waals surface area contributed by atoms with Crippen molar-refractivity contribution in [1.29, 1.82) is 0 Å². The van der Waals surface area contributed by atoms with Gasteiger partial charge >= 0.3 is 0 Å². The highest BCUT2D eigenvalue weighted by Gasteiger charge is 2.27. The van der Waals surface area contributed by atoms with Gasteiger partial charge in [0.25, 0.3) is 0 Å². The average Bonchev–Trinajstić information content (AvgIpc) is 2.48. The monoisotopic (exact) mass is 312 g/mol. The van der Waals surface area contributed by atoms with Crippen molar-refractivity contribution in [2.45, 2.75) is 19.1 Å². The first-order valence-electron chi connectivity index (χ1n) is 7.34. The van der Waals surface area contributed by atoms with Crippen molar-refractivity contribution in [3.63, 3.8) is 0 Å². The second-order valence-electron chi connectivity index (χ2n) is 5.45. The summed E-state index contributed by atoms with van der Waals surface area (Å²) in [4.78, 5) is 2.34. The van der Waals surface area contributed by atoms with Crippen LogP contribution in [0.15, 0.2) is 12.1 Å². The Morgan fingerprint density at radius 3 is 2.90 bits per heavy atom. The summed E-state index contributed by atoms with van der Waals surface area (Å²) >= 11 is 6.33. The maximum Gasteiger partial charge on any atom is 0.179 e. The second-order valence-corrected chi connectivity index (χ2v) is 5.86. The zero-order valence-electron chi connectivity index (χ0n) is 12.2. The Kier molecular flexibility index (Phi) is 4.54. The van der Waals surface area contributed by atoms with E-state index in [0.717, 1.165) is 25.3 Å². The molecule has 1 fully saturated rings. The van der Waals surface area contributed by atoms with Gasteiger partial charge in [0, 0.05) is 25.7 Å². The van der Waals surface area contributed by atoms with E-state index in [9.17, 15) is 0 Å². The predicted octanol–water partition coefficient (Wildman–Crippen LogP) is 1.83. The molecule has 5 nitrogen and oxygen atoms in total. The smallest absolute Gasteiger partial charge is 0.179 e. The topological polar surface area (TPSA) is 57.0 Å². The van der Waals surface area contributed by atoms with Gasteiger partial charge in [-0.3, -0.25) is 4.90 Å².